The van der Waals surface area contributed by atoms with Crippen LogP contribution < -0.4 is 10.6 Å². The largest absolute Gasteiger partial charge is 0.331 e. The van der Waals surface area contributed by atoms with Crippen LogP contribution in [0.1, 0.15) is 24.1 Å². The molecule has 2 N–H and O–H groups in total. The number of anilines is 1. The standard InChI is InChI=1S/C18H19N5O/c1-14(16-7-10-19-11-8-16)21-18(24)22-17-5-3-15(4-6-17)13-23-12-2-9-20-23/h2-12,14H,13H2,1H3,(H2,21,22,24)/t14-/m0/s1. The molecule has 2 aromatic heterocycles. The smallest absolute Gasteiger partial charge is 0.319 e. The Labute approximate surface area is 140 Å². The maximum Gasteiger partial charge on any atom is 0.319 e. The molecule has 2 heterocycles. The van der Waals surface area contributed by atoms with Gasteiger partial charge in [-0.2, -0.15) is 5.10 Å². The molecule has 3 rings (SSSR count). The quantitative estimate of drug-likeness (QED) is 0.758. The SMILES string of the molecule is C[C@H](NC(=O)Nc1ccc(Cn2cccn2)cc1)c1ccncc1. The van der Waals surface area contributed by atoms with Crippen molar-refractivity contribution in [3.05, 3.63) is 78.4 Å². The summed E-state index contributed by atoms with van der Waals surface area (Å²) in [6.45, 7) is 2.64. The molecule has 0 bridgehead atoms. The molecule has 2 amide bonds. The van der Waals surface area contributed by atoms with Gasteiger partial charge in [0.2, 0.25) is 0 Å². The minimum atomic E-state index is -0.237. The number of benzene rings is 1. The number of pyridine rings is 1. The van der Waals surface area contributed by atoms with Crippen molar-refractivity contribution in [2.24, 2.45) is 0 Å². The normalized spacial score (nSPS) is 11.7. The van der Waals surface area contributed by atoms with Crippen molar-refractivity contribution in [1.82, 2.24) is 20.1 Å². The first-order valence-corrected chi connectivity index (χ1v) is 7.74. The summed E-state index contributed by atoms with van der Waals surface area (Å²) in [4.78, 5) is 16.1. The molecule has 0 unspecified atom stereocenters. The number of hydrogen-bond acceptors (Lipinski definition) is 3. The van der Waals surface area contributed by atoms with Crippen molar-refractivity contribution in [2.45, 2.75) is 19.5 Å². The highest BCUT2D eigenvalue weighted by molar-refractivity contribution is 5.89. The van der Waals surface area contributed by atoms with Gasteiger partial charge < -0.3 is 10.6 Å². The third-order valence-electron chi connectivity index (χ3n) is 3.67. The molecule has 122 valence electrons. The number of carbonyl (C=O) groups excluding carboxylic acids is 1. The highest BCUT2D eigenvalue weighted by Crippen LogP contribution is 2.13. The van der Waals surface area contributed by atoms with Crippen molar-refractivity contribution in [1.29, 1.82) is 0 Å². The number of nitrogens with zero attached hydrogens (tertiary/aromatic N) is 3. The Morgan fingerprint density at radius 1 is 1.12 bits per heavy atom. The maximum absolute atomic E-state index is 12.1. The number of hydrogen-bond donors (Lipinski definition) is 2. The zero-order chi connectivity index (χ0) is 16.8. The molecule has 24 heavy (non-hydrogen) atoms. The first-order valence-electron chi connectivity index (χ1n) is 7.74. The average molecular weight is 321 g/mol. The second-order valence-electron chi connectivity index (χ2n) is 5.50. The lowest BCUT2D eigenvalue weighted by Gasteiger charge is -2.15. The number of amides is 2. The van der Waals surface area contributed by atoms with E-state index in [2.05, 4.69) is 20.7 Å². The Morgan fingerprint density at radius 2 is 1.88 bits per heavy atom. The van der Waals surface area contributed by atoms with Gasteiger partial charge in [-0.15, -0.1) is 0 Å². The van der Waals surface area contributed by atoms with E-state index in [4.69, 9.17) is 0 Å². The fourth-order valence-corrected chi connectivity index (χ4v) is 2.37. The number of carbonyl (C=O) groups is 1. The molecule has 0 spiro atoms. The van der Waals surface area contributed by atoms with Crippen LogP contribution >= 0.6 is 0 Å². The Hall–Kier alpha value is -3.15. The van der Waals surface area contributed by atoms with Gasteiger partial charge in [0, 0.05) is 30.5 Å². The number of aromatic nitrogens is 3. The third-order valence-corrected chi connectivity index (χ3v) is 3.67. The Bertz CT molecular complexity index is 769. The Balaban J connectivity index is 1.54. The van der Waals surface area contributed by atoms with Crippen molar-refractivity contribution in [2.75, 3.05) is 5.32 Å². The fourth-order valence-electron chi connectivity index (χ4n) is 2.37. The maximum atomic E-state index is 12.1. The lowest BCUT2D eigenvalue weighted by atomic mass is 10.1. The summed E-state index contributed by atoms with van der Waals surface area (Å²) in [5, 5.41) is 9.92. The first kappa shape index (κ1) is 15.7. The van der Waals surface area contributed by atoms with Gasteiger partial charge in [-0.1, -0.05) is 12.1 Å². The molecule has 6 nitrogen and oxygen atoms in total. The number of nitrogens with one attached hydrogen (secondary N) is 2. The highest BCUT2D eigenvalue weighted by Gasteiger charge is 2.09. The zero-order valence-electron chi connectivity index (χ0n) is 13.4. The van der Waals surface area contributed by atoms with Crippen molar-refractivity contribution in [3.63, 3.8) is 0 Å². The van der Waals surface area contributed by atoms with Crippen molar-refractivity contribution >= 4 is 11.7 Å². The molecular formula is C18H19N5O. The van der Waals surface area contributed by atoms with Gasteiger partial charge in [0.15, 0.2) is 0 Å². The van der Waals surface area contributed by atoms with Crippen LogP contribution in [-0.2, 0) is 6.54 Å². The predicted octanol–water partition coefficient (Wildman–Crippen LogP) is 3.21. The van der Waals surface area contributed by atoms with Gasteiger partial charge in [0.05, 0.1) is 12.6 Å². The molecule has 0 radical (unpaired) electrons. The van der Waals surface area contributed by atoms with E-state index >= 15 is 0 Å². The first-order chi connectivity index (χ1) is 11.7. The molecule has 0 fully saturated rings. The number of rotatable bonds is 5. The monoisotopic (exact) mass is 321 g/mol. The molecule has 0 saturated heterocycles. The topological polar surface area (TPSA) is 71.8 Å². The summed E-state index contributed by atoms with van der Waals surface area (Å²) in [7, 11) is 0. The second kappa shape index (κ2) is 7.41. The molecule has 1 aromatic carbocycles. The summed E-state index contributed by atoms with van der Waals surface area (Å²) in [6, 6.07) is 13.1. The van der Waals surface area contributed by atoms with Gasteiger partial charge in [-0.25, -0.2) is 4.79 Å². The molecule has 1 atom stereocenters. The van der Waals surface area contributed by atoms with Gasteiger partial charge in [0.25, 0.3) is 0 Å². The van der Waals surface area contributed by atoms with Gasteiger partial charge in [-0.3, -0.25) is 9.67 Å². The van der Waals surface area contributed by atoms with Crippen LogP contribution in [0.25, 0.3) is 0 Å². The third kappa shape index (κ3) is 4.19. The molecule has 6 heteroatoms. The minimum absolute atomic E-state index is 0.0907. The zero-order valence-corrected chi connectivity index (χ0v) is 13.4. The Kier molecular flexibility index (Phi) is 4.86. The van der Waals surface area contributed by atoms with Crippen molar-refractivity contribution in [3.8, 4) is 0 Å². The van der Waals surface area contributed by atoms with Gasteiger partial charge >= 0.3 is 6.03 Å². The molecule has 3 aromatic rings. The highest BCUT2D eigenvalue weighted by atomic mass is 16.2. The van der Waals surface area contributed by atoms with E-state index in [1.54, 1.807) is 18.6 Å². The number of urea groups is 1. The van der Waals surface area contributed by atoms with Gasteiger partial charge in [0.1, 0.15) is 0 Å². The summed E-state index contributed by atoms with van der Waals surface area (Å²) in [6.07, 6.45) is 7.10. The van der Waals surface area contributed by atoms with Crippen LogP contribution in [0.5, 0.6) is 0 Å². The summed E-state index contributed by atoms with van der Waals surface area (Å²) < 4.78 is 1.85. The van der Waals surface area contributed by atoms with Crippen LogP contribution in [0.4, 0.5) is 10.5 Å². The minimum Gasteiger partial charge on any atom is -0.331 e. The van der Waals surface area contributed by atoms with E-state index in [1.165, 1.54) is 0 Å². The van der Waals surface area contributed by atoms with Crippen LogP contribution in [0, 0.1) is 0 Å². The van der Waals surface area contributed by atoms with E-state index in [0.717, 1.165) is 16.8 Å². The van der Waals surface area contributed by atoms with Crippen LogP contribution in [0.2, 0.25) is 0 Å². The van der Waals surface area contributed by atoms with Crippen LogP contribution in [-0.4, -0.2) is 20.8 Å². The molecule has 0 aliphatic carbocycles. The van der Waals surface area contributed by atoms with Crippen molar-refractivity contribution < 1.29 is 4.79 Å². The summed E-state index contributed by atoms with van der Waals surface area (Å²) in [5.74, 6) is 0. The predicted molar refractivity (Wildman–Crippen MR) is 92.6 cm³/mol. The van der Waals surface area contributed by atoms with E-state index in [-0.39, 0.29) is 12.1 Å². The van der Waals surface area contributed by atoms with E-state index in [0.29, 0.717) is 6.54 Å². The Morgan fingerprint density at radius 3 is 2.54 bits per heavy atom. The molecule has 0 saturated carbocycles. The second-order valence-corrected chi connectivity index (χ2v) is 5.50. The van der Waals surface area contributed by atoms with Gasteiger partial charge in [-0.05, 0) is 48.4 Å². The molecular weight excluding hydrogens is 302 g/mol. The van der Waals surface area contributed by atoms with Crippen LogP contribution in [0.3, 0.4) is 0 Å². The molecule has 0 aliphatic rings. The van der Waals surface area contributed by atoms with E-state index in [9.17, 15) is 4.79 Å². The molecule has 0 aliphatic heterocycles. The summed E-state index contributed by atoms with van der Waals surface area (Å²) in [5.41, 5.74) is 2.88. The van der Waals surface area contributed by atoms with E-state index < -0.39 is 0 Å². The lowest BCUT2D eigenvalue weighted by molar-refractivity contribution is 0.249. The summed E-state index contributed by atoms with van der Waals surface area (Å²) >= 11 is 0. The van der Waals surface area contributed by atoms with Crippen LogP contribution in [0.15, 0.2) is 67.3 Å². The van der Waals surface area contributed by atoms with E-state index in [1.807, 2.05) is 60.3 Å². The fraction of sp³-hybridized carbons (Fsp3) is 0.167. The average Bonchev–Trinajstić information content (AvgIpc) is 3.10. The lowest BCUT2D eigenvalue weighted by Crippen LogP contribution is -2.31.